The minimum atomic E-state index is -1.88. The third-order valence-corrected chi connectivity index (χ3v) is 8.77. The maximum absolute atomic E-state index is 11.2. The summed E-state index contributed by atoms with van der Waals surface area (Å²) in [4.78, 5) is 0. The quantitative estimate of drug-likeness (QED) is 0.0538. The van der Waals surface area contributed by atoms with E-state index in [1.54, 1.807) is 0 Å². The third-order valence-electron chi connectivity index (χ3n) is 8.77. The van der Waals surface area contributed by atoms with Crippen LogP contribution in [0.15, 0.2) is 0 Å². The molecule has 0 saturated carbocycles. The molecule has 17 unspecified atom stereocenters. The summed E-state index contributed by atoms with van der Waals surface area (Å²) in [7, 11) is 6.36. The molecule has 4 saturated heterocycles. The van der Waals surface area contributed by atoms with Gasteiger partial charge in [-0.2, -0.15) is 0 Å². The van der Waals surface area contributed by atoms with E-state index < -0.39 is 111 Å². The van der Waals surface area contributed by atoms with E-state index in [1.165, 1.54) is 14.2 Å². The van der Waals surface area contributed by atoms with E-state index >= 15 is 0 Å². The van der Waals surface area contributed by atoms with Crippen molar-refractivity contribution in [2.24, 2.45) is 0 Å². The number of rotatable bonds is 16. The van der Waals surface area contributed by atoms with Gasteiger partial charge in [-0.1, -0.05) is 0 Å². The van der Waals surface area contributed by atoms with Gasteiger partial charge < -0.3 is 93.1 Å². The molecule has 4 aliphatic heterocycles. The van der Waals surface area contributed by atoms with Crippen LogP contribution in [0.5, 0.6) is 0 Å². The van der Waals surface area contributed by atoms with Crippen molar-refractivity contribution in [1.29, 1.82) is 0 Å². The molecule has 0 aromatic carbocycles. The molecule has 47 heavy (non-hydrogen) atoms. The van der Waals surface area contributed by atoms with Crippen LogP contribution in [0.2, 0.25) is 0 Å². The van der Waals surface area contributed by atoms with E-state index in [2.05, 4.69) is 0 Å². The Labute approximate surface area is 272 Å². The summed E-state index contributed by atoms with van der Waals surface area (Å²) in [6.45, 7) is -0.116. The average Bonchev–Trinajstić information content (AvgIpc) is 3.84. The normalized spacial score (nSPS) is 45.1. The Morgan fingerprint density at radius 2 is 1.15 bits per heavy atom. The van der Waals surface area contributed by atoms with E-state index in [-0.39, 0.29) is 19.3 Å². The molecular weight excluding hydrogens is 638 g/mol. The molecule has 0 aliphatic carbocycles. The van der Waals surface area contributed by atoms with E-state index in [1.807, 2.05) is 14.1 Å². The number of methoxy groups -OCH3 is 2. The Hall–Kier alpha value is -0.760. The Morgan fingerprint density at radius 1 is 0.681 bits per heavy atom. The smallest absolute Gasteiger partial charge is 0.187 e. The Kier molecular flexibility index (Phi) is 14.1. The zero-order valence-electron chi connectivity index (χ0n) is 26.9. The topological polar surface area (TPSA) is 268 Å². The van der Waals surface area contributed by atoms with Crippen LogP contribution in [0.3, 0.4) is 0 Å². The molecule has 0 radical (unpaired) electrons. The lowest BCUT2D eigenvalue weighted by molar-refractivity contribution is -0.893. The molecule has 0 bridgehead atoms. The predicted molar refractivity (Wildman–Crippen MR) is 152 cm³/mol. The highest BCUT2D eigenvalue weighted by Gasteiger charge is 2.54. The molecule has 19 heteroatoms. The summed E-state index contributed by atoms with van der Waals surface area (Å²) < 4.78 is 50.3. The highest BCUT2D eigenvalue weighted by atomic mass is 16.8. The number of likely N-dealkylation sites (N-methyl/N-ethyl adjacent to an activating group) is 1. The maximum Gasteiger partial charge on any atom is 0.187 e. The van der Waals surface area contributed by atoms with Gasteiger partial charge in [-0.15, -0.1) is 0 Å². The number of epoxide rings is 1. The van der Waals surface area contributed by atoms with Crippen LogP contribution in [-0.4, -0.2) is 229 Å². The molecule has 4 fully saturated rings. The lowest BCUT2D eigenvalue weighted by Crippen LogP contribution is -2.66. The molecule has 0 aromatic heterocycles. The molecule has 0 aromatic rings. The first-order valence-electron chi connectivity index (χ1n) is 15.6. The van der Waals surface area contributed by atoms with Crippen molar-refractivity contribution in [2.45, 2.75) is 104 Å². The first-order valence-corrected chi connectivity index (χ1v) is 15.6. The molecule has 276 valence electrons. The summed E-state index contributed by atoms with van der Waals surface area (Å²) in [5.41, 5.74) is 0. The second-order valence-electron chi connectivity index (χ2n) is 13.0. The van der Waals surface area contributed by atoms with E-state index in [4.69, 9.17) is 42.6 Å². The Balaban J connectivity index is 1.48. The number of ether oxygens (including phenoxy) is 9. The molecule has 0 spiro atoms. The van der Waals surface area contributed by atoms with E-state index in [0.717, 1.165) is 0 Å². The van der Waals surface area contributed by atoms with Crippen molar-refractivity contribution in [2.75, 3.05) is 74.4 Å². The second-order valence-corrected chi connectivity index (χ2v) is 13.0. The van der Waals surface area contributed by atoms with E-state index in [0.29, 0.717) is 24.2 Å². The van der Waals surface area contributed by atoms with Gasteiger partial charge in [0.1, 0.15) is 98.5 Å². The fourth-order valence-electron chi connectivity index (χ4n) is 6.24. The van der Waals surface area contributed by atoms with Gasteiger partial charge in [-0.3, -0.25) is 0 Å². The van der Waals surface area contributed by atoms with E-state index in [9.17, 15) is 46.0 Å². The highest BCUT2D eigenvalue weighted by Crippen LogP contribution is 2.33. The number of hydrogen-bond acceptors (Lipinski definition) is 18. The summed E-state index contributed by atoms with van der Waals surface area (Å²) >= 11 is 0. The lowest BCUT2D eigenvalue weighted by Gasteiger charge is -2.48. The fraction of sp³-hybridized carbons (Fsp3) is 1.00. The highest BCUT2D eigenvalue weighted by molar-refractivity contribution is 4.96. The maximum atomic E-state index is 11.2. The van der Waals surface area contributed by atoms with Crippen molar-refractivity contribution >= 4 is 0 Å². The molecule has 19 nitrogen and oxygen atoms in total. The minimum absolute atomic E-state index is 0.136. The number of nitrogens with zero attached hydrogens (tertiary/aromatic N) is 1. The second kappa shape index (κ2) is 17.0. The first kappa shape index (κ1) is 39.0. The molecule has 4 aliphatic rings. The standard InChI is InChI=1S/C28H52NO18/c1-29(2,6-13-10-42-13)5-12(32)9-41-11-16-25(47-27-21(37)17(33)23(39-3)14(7-30)44-27)19(35)22(38)28(45-16)46-24-15(8-31)43-26(40-4)20(36)18(24)34/h12-28,30-38H,5-11H2,1-4H3/q+1. The summed E-state index contributed by atoms with van der Waals surface area (Å²) in [5.74, 6) is 0. The van der Waals surface area contributed by atoms with Crippen LogP contribution in [-0.2, 0) is 42.6 Å². The minimum Gasteiger partial charge on any atom is -0.394 e. The predicted octanol–water partition coefficient (Wildman–Crippen LogP) is -6.40. The zero-order chi connectivity index (χ0) is 34.6. The molecular formula is C28H52NO18+. The van der Waals surface area contributed by atoms with Gasteiger partial charge in [0.15, 0.2) is 18.9 Å². The van der Waals surface area contributed by atoms with Gasteiger partial charge in [0.2, 0.25) is 0 Å². The van der Waals surface area contributed by atoms with Gasteiger partial charge >= 0.3 is 0 Å². The first-order chi connectivity index (χ1) is 22.2. The number of aliphatic hydroxyl groups is 9. The van der Waals surface area contributed by atoms with Crippen molar-refractivity contribution in [3.05, 3.63) is 0 Å². The monoisotopic (exact) mass is 690 g/mol. The molecule has 0 amide bonds. The number of aliphatic hydroxyl groups excluding tert-OH is 9. The van der Waals surface area contributed by atoms with Gasteiger partial charge in [0.25, 0.3) is 0 Å². The van der Waals surface area contributed by atoms with Crippen LogP contribution in [0.1, 0.15) is 0 Å². The zero-order valence-corrected chi connectivity index (χ0v) is 26.9. The fourth-order valence-corrected chi connectivity index (χ4v) is 6.24. The Bertz CT molecular complexity index is 943. The lowest BCUT2D eigenvalue weighted by atomic mass is 9.96. The molecule has 4 heterocycles. The molecule has 17 atom stereocenters. The summed E-state index contributed by atoms with van der Waals surface area (Å²) in [6, 6.07) is 0. The van der Waals surface area contributed by atoms with Crippen LogP contribution in [0, 0.1) is 0 Å². The van der Waals surface area contributed by atoms with Gasteiger partial charge in [-0.25, -0.2) is 0 Å². The van der Waals surface area contributed by atoms with Crippen LogP contribution < -0.4 is 0 Å². The van der Waals surface area contributed by atoms with Gasteiger partial charge in [-0.05, 0) is 0 Å². The van der Waals surface area contributed by atoms with Crippen molar-refractivity contribution < 1.29 is 93.1 Å². The molecule has 9 N–H and O–H groups in total. The number of quaternary nitrogens is 1. The third kappa shape index (κ3) is 9.52. The molecule has 4 rings (SSSR count). The number of hydrogen-bond donors (Lipinski definition) is 9. The van der Waals surface area contributed by atoms with Gasteiger partial charge in [0, 0.05) is 14.2 Å². The summed E-state index contributed by atoms with van der Waals surface area (Å²) in [5, 5.41) is 95.0. The van der Waals surface area contributed by atoms with Crippen molar-refractivity contribution in [1.82, 2.24) is 0 Å². The van der Waals surface area contributed by atoms with Crippen LogP contribution in [0.25, 0.3) is 0 Å². The average molecular weight is 691 g/mol. The van der Waals surface area contributed by atoms with Crippen molar-refractivity contribution in [3.63, 3.8) is 0 Å². The van der Waals surface area contributed by atoms with Gasteiger partial charge in [0.05, 0.1) is 47.1 Å². The Morgan fingerprint density at radius 3 is 1.66 bits per heavy atom. The summed E-state index contributed by atoms with van der Waals surface area (Å²) in [6.07, 6.45) is -23.4. The van der Waals surface area contributed by atoms with Crippen LogP contribution >= 0.6 is 0 Å². The largest absolute Gasteiger partial charge is 0.394 e. The SMILES string of the molecule is COC1OC(CO)C(OC2OC(COCC(O)C[N+](C)(C)CC3CO3)C(OC3OC(CO)C(OC)C(O)C3O)C(O)C2O)C(O)C1O. The van der Waals surface area contributed by atoms with Crippen LogP contribution in [0.4, 0.5) is 0 Å². The van der Waals surface area contributed by atoms with Crippen molar-refractivity contribution in [3.8, 4) is 0 Å².